The fourth-order valence-electron chi connectivity index (χ4n) is 1.75. The second-order valence-electron chi connectivity index (χ2n) is 4.59. The number of amides is 1. The molecule has 0 saturated heterocycles. The van der Waals surface area contributed by atoms with Crippen LogP contribution < -0.4 is 5.73 Å². The normalized spacial score (nSPS) is 12.7. The van der Waals surface area contributed by atoms with Gasteiger partial charge in [-0.2, -0.15) is 0 Å². The Morgan fingerprint density at radius 1 is 1.17 bits per heavy atom. The summed E-state index contributed by atoms with van der Waals surface area (Å²) in [6.45, 7) is 2.19. The Labute approximate surface area is 109 Å². The van der Waals surface area contributed by atoms with Crippen LogP contribution in [0.15, 0.2) is 12.2 Å². The van der Waals surface area contributed by atoms with Crippen molar-refractivity contribution in [2.45, 2.75) is 58.3 Å². The first-order valence-electron chi connectivity index (χ1n) is 6.75. The zero-order valence-corrected chi connectivity index (χ0v) is 11.2. The van der Waals surface area contributed by atoms with Crippen LogP contribution in [0.3, 0.4) is 0 Å². The largest absolute Gasteiger partial charge is 0.481 e. The van der Waals surface area contributed by atoms with Gasteiger partial charge in [0.15, 0.2) is 0 Å². The number of carboxylic acids is 1. The SMILES string of the molecule is CCCCCCCCC=CC(CC(=O)O)C(N)=O. The highest BCUT2D eigenvalue weighted by Crippen LogP contribution is 2.09. The number of aliphatic carboxylic acids is 1. The van der Waals surface area contributed by atoms with Crippen molar-refractivity contribution in [3.8, 4) is 0 Å². The lowest BCUT2D eigenvalue weighted by atomic mass is 10.0. The first kappa shape index (κ1) is 16.7. The van der Waals surface area contributed by atoms with Crippen molar-refractivity contribution in [1.82, 2.24) is 0 Å². The van der Waals surface area contributed by atoms with Crippen LogP contribution in [0.1, 0.15) is 58.3 Å². The number of unbranched alkanes of at least 4 members (excludes halogenated alkanes) is 6. The third-order valence-corrected chi connectivity index (χ3v) is 2.85. The van der Waals surface area contributed by atoms with Gasteiger partial charge in [-0.25, -0.2) is 0 Å². The van der Waals surface area contributed by atoms with Gasteiger partial charge in [0.2, 0.25) is 5.91 Å². The van der Waals surface area contributed by atoms with Crippen LogP contribution in [-0.4, -0.2) is 17.0 Å². The van der Waals surface area contributed by atoms with Crippen LogP contribution in [0.25, 0.3) is 0 Å². The monoisotopic (exact) mass is 255 g/mol. The first-order valence-corrected chi connectivity index (χ1v) is 6.75. The molecule has 0 heterocycles. The van der Waals surface area contributed by atoms with Crippen LogP contribution in [0.4, 0.5) is 0 Å². The average molecular weight is 255 g/mol. The fourth-order valence-corrected chi connectivity index (χ4v) is 1.75. The maximum atomic E-state index is 11.0. The second-order valence-corrected chi connectivity index (χ2v) is 4.59. The van der Waals surface area contributed by atoms with Crippen molar-refractivity contribution >= 4 is 11.9 Å². The predicted molar refractivity (Wildman–Crippen MR) is 72.1 cm³/mol. The van der Waals surface area contributed by atoms with Crippen LogP contribution in [0, 0.1) is 5.92 Å². The van der Waals surface area contributed by atoms with E-state index in [9.17, 15) is 9.59 Å². The van der Waals surface area contributed by atoms with Gasteiger partial charge in [0.05, 0.1) is 12.3 Å². The molecule has 0 aliphatic carbocycles. The number of primary amides is 1. The Morgan fingerprint density at radius 3 is 2.33 bits per heavy atom. The van der Waals surface area contributed by atoms with Gasteiger partial charge in [0.1, 0.15) is 0 Å². The molecule has 0 aromatic heterocycles. The Kier molecular flexibility index (Phi) is 10.0. The highest BCUT2D eigenvalue weighted by atomic mass is 16.4. The summed E-state index contributed by atoms with van der Waals surface area (Å²) < 4.78 is 0. The summed E-state index contributed by atoms with van der Waals surface area (Å²) in [6, 6.07) is 0. The molecule has 4 heteroatoms. The Balaban J connectivity index is 3.70. The van der Waals surface area contributed by atoms with E-state index in [-0.39, 0.29) is 6.42 Å². The molecule has 104 valence electrons. The minimum Gasteiger partial charge on any atom is -0.481 e. The van der Waals surface area contributed by atoms with Gasteiger partial charge in [-0.3, -0.25) is 9.59 Å². The van der Waals surface area contributed by atoms with Crippen LogP contribution >= 0.6 is 0 Å². The quantitative estimate of drug-likeness (QED) is 0.440. The zero-order chi connectivity index (χ0) is 13.8. The summed E-state index contributed by atoms with van der Waals surface area (Å²) in [5.41, 5.74) is 5.13. The lowest BCUT2D eigenvalue weighted by molar-refractivity contribution is -0.139. The van der Waals surface area contributed by atoms with Gasteiger partial charge in [0.25, 0.3) is 0 Å². The van der Waals surface area contributed by atoms with E-state index < -0.39 is 17.8 Å². The van der Waals surface area contributed by atoms with Crippen molar-refractivity contribution in [3.63, 3.8) is 0 Å². The Hall–Kier alpha value is -1.32. The molecule has 1 unspecified atom stereocenters. The number of nitrogens with two attached hydrogens (primary N) is 1. The molecule has 0 saturated carbocycles. The number of carboxylic acid groups (broad SMARTS) is 1. The van der Waals surface area contributed by atoms with E-state index in [0.717, 1.165) is 12.8 Å². The number of rotatable bonds is 11. The highest BCUT2D eigenvalue weighted by Gasteiger charge is 2.15. The molecule has 0 rings (SSSR count). The van der Waals surface area contributed by atoms with E-state index in [0.29, 0.717) is 0 Å². The molecular weight excluding hydrogens is 230 g/mol. The van der Waals surface area contributed by atoms with Crippen molar-refractivity contribution < 1.29 is 14.7 Å². The van der Waals surface area contributed by atoms with Crippen LogP contribution in [0.5, 0.6) is 0 Å². The lowest BCUT2D eigenvalue weighted by Crippen LogP contribution is -2.23. The molecule has 0 bridgehead atoms. The molecular formula is C14H25NO3. The molecule has 0 aromatic carbocycles. The van der Waals surface area contributed by atoms with E-state index in [2.05, 4.69) is 6.92 Å². The maximum absolute atomic E-state index is 11.0. The topological polar surface area (TPSA) is 80.4 Å². The predicted octanol–water partition coefficient (Wildman–Crippen LogP) is 2.87. The summed E-state index contributed by atoms with van der Waals surface area (Å²) in [4.78, 5) is 21.5. The molecule has 0 fully saturated rings. The lowest BCUT2D eigenvalue weighted by Gasteiger charge is -2.04. The van der Waals surface area contributed by atoms with Crippen LogP contribution in [-0.2, 0) is 9.59 Å². The molecule has 1 amide bonds. The molecule has 0 spiro atoms. The fraction of sp³-hybridized carbons (Fsp3) is 0.714. The summed E-state index contributed by atoms with van der Waals surface area (Å²) >= 11 is 0. The van der Waals surface area contributed by atoms with Gasteiger partial charge in [-0.1, -0.05) is 51.2 Å². The van der Waals surface area contributed by atoms with E-state index >= 15 is 0 Å². The van der Waals surface area contributed by atoms with Gasteiger partial charge >= 0.3 is 5.97 Å². The average Bonchev–Trinajstić information content (AvgIpc) is 2.30. The van der Waals surface area contributed by atoms with E-state index in [1.54, 1.807) is 6.08 Å². The van der Waals surface area contributed by atoms with E-state index in [1.807, 2.05) is 6.08 Å². The summed E-state index contributed by atoms with van der Waals surface area (Å²) in [7, 11) is 0. The number of allylic oxidation sites excluding steroid dienone is 1. The zero-order valence-electron chi connectivity index (χ0n) is 11.2. The molecule has 0 aromatic rings. The van der Waals surface area contributed by atoms with Gasteiger partial charge in [-0.15, -0.1) is 0 Å². The third kappa shape index (κ3) is 9.87. The number of hydrogen-bond acceptors (Lipinski definition) is 2. The van der Waals surface area contributed by atoms with Gasteiger partial charge in [-0.05, 0) is 12.8 Å². The molecule has 0 radical (unpaired) electrons. The number of hydrogen-bond donors (Lipinski definition) is 2. The van der Waals surface area contributed by atoms with E-state index in [1.165, 1.54) is 32.1 Å². The summed E-state index contributed by atoms with van der Waals surface area (Å²) in [5.74, 6) is -2.25. The third-order valence-electron chi connectivity index (χ3n) is 2.85. The minimum absolute atomic E-state index is 0.220. The number of carbonyl (C=O) groups is 2. The molecule has 18 heavy (non-hydrogen) atoms. The Morgan fingerprint density at radius 2 is 1.78 bits per heavy atom. The smallest absolute Gasteiger partial charge is 0.304 e. The van der Waals surface area contributed by atoms with Crippen molar-refractivity contribution in [1.29, 1.82) is 0 Å². The summed E-state index contributed by atoms with van der Waals surface area (Å²) in [5, 5.41) is 8.61. The minimum atomic E-state index is -0.997. The second kappa shape index (κ2) is 10.8. The highest BCUT2D eigenvalue weighted by molar-refractivity contribution is 5.83. The first-order chi connectivity index (χ1) is 8.57. The molecule has 0 aliphatic heterocycles. The molecule has 1 atom stereocenters. The van der Waals surface area contributed by atoms with Gasteiger partial charge in [0, 0.05) is 0 Å². The van der Waals surface area contributed by atoms with Crippen molar-refractivity contribution in [2.75, 3.05) is 0 Å². The summed E-state index contributed by atoms with van der Waals surface area (Å²) in [6.07, 6.45) is 11.5. The molecule has 3 N–H and O–H groups in total. The van der Waals surface area contributed by atoms with Crippen molar-refractivity contribution in [2.24, 2.45) is 11.7 Å². The van der Waals surface area contributed by atoms with E-state index in [4.69, 9.17) is 10.8 Å². The maximum Gasteiger partial charge on any atom is 0.304 e. The van der Waals surface area contributed by atoms with Crippen LogP contribution in [0.2, 0.25) is 0 Å². The molecule has 0 aliphatic rings. The Bertz CT molecular complexity index is 274. The van der Waals surface area contributed by atoms with Crippen molar-refractivity contribution in [3.05, 3.63) is 12.2 Å². The van der Waals surface area contributed by atoms with Gasteiger partial charge < -0.3 is 10.8 Å². The number of carbonyl (C=O) groups excluding carboxylic acids is 1. The standard InChI is InChI=1S/C14H25NO3/c1-2-3-4-5-6-7-8-9-10-12(14(15)18)11-13(16)17/h9-10,12H,2-8,11H2,1H3,(H2,15,18)(H,16,17). The molecule has 4 nitrogen and oxygen atoms in total.